The van der Waals surface area contributed by atoms with E-state index in [-0.39, 0.29) is 32.0 Å². The smallest absolute Gasteiger partial charge is 0.244 e. The molecule has 0 saturated heterocycles. The third kappa shape index (κ3) is 5.77. The lowest BCUT2D eigenvalue weighted by atomic mass is 10.1. The topological polar surface area (TPSA) is 58.6 Å². The summed E-state index contributed by atoms with van der Waals surface area (Å²) in [6.07, 6.45) is 0.0859. The summed E-state index contributed by atoms with van der Waals surface area (Å²) in [5, 5.41) is 2.18. The molecule has 0 fully saturated rings. The van der Waals surface area contributed by atoms with Gasteiger partial charge in [0.2, 0.25) is 11.8 Å². The van der Waals surface area contributed by atoms with Gasteiger partial charge in [0.1, 0.15) is 23.1 Å². The summed E-state index contributed by atoms with van der Waals surface area (Å²) in [5.74, 6) is -1.98. The number of hydrogen-bond acceptors (Lipinski definition) is 3. The Morgan fingerprint density at radius 3 is 2.43 bits per heavy atom. The summed E-state index contributed by atoms with van der Waals surface area (Å²) in [7, 11) is 0. The highest BCUT2D eigenvalue weighted by Gasteiger charge is 2.18. The highest BCUT2D eigenvalue weighted by atomic mass is 19.1. The molecule has 0 unspecified atom stereocenters. The molecule has 0 heterocycles. The van der Waals surface area contributed by atoms with Gasteiger partial charge in [-0.3, -0.25) is 9.59 Å². The summed E-state index contributed by atoms with van der Waals surface area (Å²) in [5.41, 5.74) is 1.50. The fraction of sp³-hybridized carbons (Fsp3) is 0.333. The SMILES string of the molecule is CCN(CC(=O)Nc1c(F)cccc1F)C(=O)CCOc1cc(C)ccc1C. The van der Waals surface area contributed by atoms with Crippen molar-refractivity contribution in [1.29, 1.82) is 0 Å². The number of hydrogen-bond donors (Lipinski definition) is 1. The van der Waals surface area contributed by atoms with Gasteiger partial charge in [0, 0.05) is 6.54 Å². The van der Waals surface area contributed by atoms with Crippen molar-refractivity contribution < 1.29 is 23.1 Å². The minimum Gasteiger partial charge on any atom is -0.493 e. The maximum Gasteiger partial charge on any atom is 0.244 e. The van der Waals surface area contributed by atoms with Crippen molar-refractivity contribution in [3.63, 3.8) is 0 Å². The summed E-state index contributed by atoms with van der Waals surface area (Å²) >= 11 is 0. The molecule has 2 amide bonds. The van der Waals surface area contributed by atoms with Crippen LogP contribution in [0.4, 0.5) is 14.5 Å². The Balaban J connectivity index is 1.88. The van der Waals surface area contributed by atoms with Crippen molar-refractivity contribution in [3.05, 3.63) is 59.2 Å². The van der Waals surface area contributed by atoms with Crippen molar-refractivity contribution in [2.24, 2.45) is 0 Å². The predicted octanol–water partition coefficient (Wildman–Crippen LogP) is 3.84. The third-order valence-corrected chi connectivity index (χ3v) is 4.21. The van der Waals surface area contributed by atoms with Crippen LogP contribution in [0.15, 0.2) is 36.4 Å². The Morgan fingerprint density at radius 2 is 1.79 bits per heavy atom. The molecule has 1 N–H and O–H groups in total. The third-order valence-electron chi connectivity index (χ3n) is 4.21. The van der Waals surface area contributed by atoms with Gasteiger partial charge in [-0.25, -0.2) is 8.78 Å². The van der Waals surface area contributed by atoms with Crippen LogP contribution in [0.5, 0.6) is 5.75 Å². The maximum absolute atomic E-state index is 13.6. The van der Waals surface area contributed by atoms with Crippen molar-refractivity contribution in [2.45, 2.75) is 27.2 Å². The molecule has 0 saturated carbocycles. The van der Waals surface area contributed by atoms with Crippen molar-refractivity contribution >= 4 is 17.5 Å². The van der Waals surface area contributed by atoms with Crippen molar-refractivity contribution in [1.82, 2.24) is 4.90 Å². The molecule has 28 heavy (non-hydrogen) atoms. The molecule has 0 spiro atoms. The minimum absolute atomic E-state index is 0.0859. The number of nitrogens with zero attached hydrogens (tertiary/aromatic N) is 1. The van der Waals surface area contributed by atoms with Gasteiger partial charge in [0.05, 0.1) is 19.6 Å². The van der Waals surface area contributed by atoms with Gasteiger partial charge < -0.3 is 15.0 Å². The zero-order valence-electron chi connectivity index (χ0n) is 16.2. The number of likely N-dealkylation sites (N-methyl/N-ethyl adjacent to an activating group) is 1. The van der Waals surface area contributed by atoms with Gasteiger partial charge in [0.15, 0.2) is 0 Å². The Bertz CT molecular complexity index is 835. The number of carbonyl (C=O) groups excluding carboxylic acids is 2. The van der Waals surface area contributed by atoms with E-state index in [4.69, 9.17) is 4.74 Å². The molecule has 0 aliphatic heterocycles. The predicted molar refractivity (Wildman–Crippen MR) is 103 cm³/mol. The van der Waals surface area contributed by atoms with Gasteiger partial charge in [-0.2, -0.15) is 0 Å². The van der Waals surface area contributed by atoms with Crippen LogP contribution in [0, 0.1) is 25.5 Å². The van der Waals surface area contributed by atoms with E-state index >= 15 is 0 Å². The van der Waals surface area contributed by atoms with Crippen LogP contribution in [-0.2, 0) is 9.59 Å². The lowest BCUT2D eigenvalue weighted by Crippen LogP contribution is -2.38. The largest absolute Gasteiger partial charge is 0.493 e. The minimum atomic E-state index is -0.871. The summed E-state index contributed by atoms with van der Waals surface area (Å²) in [6, 6.07) is 9.12. The van der Waals surface area contributed by atoms with Crippen LogP contribution in [0.3, 0.4) is 0 Å². The Labute approximate surface area is 163 Å². The fourth-order valence-electron chi connectivity index (χ4n) is 2.62. The van der Waals surface area contributed by atoms with E-state index < -0.39 is 23.2 Å². The molecule has 0 radical (unpaired) electrons. The first-order valence-corrected chi connectivity index (χ1v) is 9.03. The van der Waals surface area contributed by atoms with E-state index in [1.807, 2.05) is 32.0 Å². The summed E-state index contributed by atoms with van der Waals surface area (Å²) < 4.78 is 32.9. The van der Waals surface area contributed by atoms with E-state index in [1.54, 1.807) is 6.92 Å². The second kappa shape index (κ2) is 9.82. The molecule has 0 atom stereocenters. The lowest BCUT2D eigenvalue weighted by molar-refractivity contribution is -0.134. The number of aryl methyl sites for hydroxylation is 2. The fourth-order valence-corrected chi connectivity index (χ4v) is 2.62. The molecule has 2 aromatic rings. The van der Waals surface area contributed by atoms with E-state index in [0.717, 1.165) is 23.3 Å². The van der Waals surface area contributed by atoms with E-state index in [1.165, 1.54) is 11.0 Å². The van der Waals surface area contributed by atoms with Crippen LogP contribution >= 0.6 is 0 Å². The van der Waals surface area contributed by atoms with Gasteiger partial charge in [-0.1, -0.05) is 18.2 Å². The van der Waals surface area contributed by atoms with Gasteiger partial charge in [-0.15, -0.1) is 0 Å². The second-order valence-corrected chi connectivity index (χ2v) is 6.42. The molecule has 150 valence electrons. The first-order valence-electron chi connectivity index (χ1n) is 9.03. The Kier molecular flexibility index (Phi) is 7.49. The number of carbonyl (C=O) groups is 2. The molecule has 2 aromatic carbocycles. The number of nitrogens with one attached hydrogen (secondary N) is 1. The number of para-hydroxylation sites is 1. The number of rotatable bonds is 8. The normalized spacial score (nSPS) is 10.5. The first-order chi connectivity index (χ1) is 13.3. The zero-order chi connectivity index (χ0) is 20.7. The molecule has 0 aliphatic rings. The van der Waals surface area contributed by atoms with Gasteiger partial charge in [-0.05, 0) is 50.1 Å². The number of ether oxygens (including phenoxy) is 1. The Hall–Kier alpha value is -2.96. The molecule has 2 rings (SSSR count). The molecule has 0 aromatic heterocycles. The number of halogens is 2. The molecule has 7 heteroatoms. The number of anilines is 1. The average Bonchev–Trinajstić information content (AvgIpc) is 2.65. The lowest BCUT2D eigenvalue weighted by Gasteiger charge is -2.21. The maximum atomic E-state index is 13.6. The second-order valence-electron chi connectivity index (χ2n) is 6.42. The van der Waals surface area contributed by atoms with E-state index in [9.17, 15) is 18.4 Å². The standard InChI is InChI=1S/C21H24F2N2O3/c1-4-25(13-19(26)24-21-16(22)6-5-7-17(21)23)20(27)10-11-28-18-12-14(2)8-9-15(18)3/h5-9,12H,4,10-11,13H2,1-3H3,(H,24,26). The van der Waals surface area contributed by atoms with Crippen LogP contribution in [0.25, 0.3) is 0 Å². The Morgan fingerprint density at radius 1 is 1.11 bits per heavy atom. The quantitative estimate of drug-likeness (QED) is 0.745. The van der Waals surface area contributed by atoms with Crippen LogP contribution in [-0.4, -0.2) is 36.4 Å². The van der Waals surface area contributed by atoms with Gasteiger partial charge >= 0.3 is 0 Å². The summed E-state index contributed by atoms with van der Waals surface area (Å²) in [4.78, 5) is 25.8. The molecular formula is C21H24F2N2O3. The average molecular weight is 390 g/mol. The van der Waals surface area contributed by atoms with Crippen LogP contribution < -0.4 is 10.1 Å². The van der Waals surface area contributed by atoms with E-state index in [0.29, 0.717) is 5.75 Å². The summed E-state index contributed by atoms with van der Waals surface area (Å²) in [6.45, 7) is 5.75. The van der Waals surface area contributed by atoms with Crippen molar-refractivity contribution in [2.75, 3.05) is 25.0 Å². The molecule has 0 bridgehead atoms. The molecule has 5 nitrogen and oxygen atoms in total. The highest BCUT2D eigenvalue weighted by molar-refractivity contribution is 5.94. The van der Waals surface area contributed by atoms with Gasteiger partial charge in [0.25, 0.3) is 0 Å². The highest BCUT2D eigenvalue weighted by Crippen LogP contribution is 2.20. The van der Waals surface area contributed by atoms with E-state index in [2.05, 4.69) is 5.32 Å². The monoisotopic (exact) mass is 390 g/mol. The zero-order valence-corrected chi connectivity index (χ0v) is 16.2. The first kappa shape index (κ1) is 21.3. The van der Waals surface area contributed by atoms with Crippen molar-refractivity contribution in [3.8, 4) is 5.75 Å². The number of amides is 2. The number of benzene rings is 2. The van der Waals surface area contributed by atoms with Crippen LogP contribution in [0.1, 0.15) is 24.5 Å². The molecular weight excluding hydrogens is 366 g/mol. The molecule has 0 aliphatic carbocycles. The van der Waals surface area contributed by atoms with Crippen LogP contribution in [0.2, 0.25) is 0 Å².